The summed E-state index contributed by atoms with van der Waals surface area (Å²) < 4.78 is 10.8. The lowest BCUT2D eigenvalue weighted by atomic mass is 10.1. The Morgan fingerprint density at radius 1 is 1.33 bits per heavy atom. The average molecular weight is 364 g/mol. The molecular weight excluding hydrogens is 346 g/mol. The van der Waals surface area contributed by atoms with Crippen molar-refractivity contribution in [2.75, 3.05) is 12.4 Å². The molecule has 0 aromatic heterocycles. The van der Waals surface area contributed by atoms with Crippen molar-refractivity contribution < 1.29 is 14.3 Å². The molecule has 0 aliphatic heterocycles. The molecule has 0 spiro atoms. The second kappa shape index (κ2) is 8.66. The number of hydrogen-bond donors (Lipinski definition) is 1. The van der Waals surface area contributed by atoms with E-state index in [2.05, 4.69) is 12.2 Å². The molecule has 0 bridgehead atoms. The van der Waals surface area contributed by atoms with Gasteiger partial charge in [0, 0.05) is 16.8 Å². The van der Waals surface area contributed by atoms with Gasteiger partial charge in [0.25, 0.3) is 5.17 Å². The molecule has 0 heterocycles. The number of aldehydes is 1. The number of benzene rings is 2. The molecule has 2 aromatic carbocycles. The van der Waals surface area contributed by atoms with Crippen molar-refractivity contribution in [3.05, 3.63) is 58.1 Å². The summed E-state index contributed by atoms with van der Waals surface area (Å²) in [5, 5.41) is 3.70. The number of rotatable bonds is 6. The fourth-order valence-corrected chi connectivity index (χ4v) is 2.55. The van der Waals surface area contributed by atoms with Gasteiger partial charge in [-0.15, -0.1) is 0 Å². The normalized spacial score (nSPS) is 10.1. The van der Waals surface area contributed by atoms with Gasteiger partial charge in [0.2, 0.25) is 0 Å². The standard InChI is InChI=1S/C18H18ClNO3S/c1-3-12-7-8-17(15(19)9-12)23-11-14-13(10-21)5-4-6-16(14)20-18(24)22-2/h4-10H,3,11H2,1-2H3,(H,20,24). The molecule has 0 fully saturated rings. The summed E-state index contributed by atoms with van der Waals surface area (Å²) in [7, 11) is 1.48. The van der Waals surface area contributed by atoms with Gasteiger partial charge in [-0.2, -0.15) is 0 Å². The molecule has 2 rings (SSSR count). The number of carbonyl (C=O) groups excluding carboxylic acids is 1. The highest BCUT2D eigenvalue weighted by molar-refractivity contribution is 7.80. The minimum Gasteiger partial charge on any atom is -0.487 e. The van der Waals surface area contributed by atoms with E-state index in [1.165, 1.54) is 7.11 Å². The topological polar surface area (TPSA) is 47.6 Å². The van der Waals surface area contributed by atoms with Crippen LogP contribution in [0.3, 0.4) is 0 Å². The maximum absolute atomic E-state index is 11.3. The molecule has 6 heteroatoms. The quantitative estimate of drug-likeness (QED) is 0.598. The van der Waals surface area contributed by atoms with Crippen LogP contribution in [0, 0.1) is 0 Å². The molecule has 126 valence electrons. The molecule has 4 nitrogen and oxygen atoms in total. The Morgan fingerprint density at radius 2 is 2.12 bits per heavy atom. The van der Waals surface area contributed by atoms with Gasteiger partial charge in [-0.05, 0) is 42.4 Å². The Balaban J connectivity index is 2.25. The van der Waals surface area contributed by atoms with Gasteiger partial charge in [-0.1, -0.05) is 36.7 Å². The molecule has 0 amide bonds. The van der Waals surface area contributed by atoms with Crippen molar-refractivity contribution >= 4 is 41.0 Å². The number of halogens is 1. The molecule has 0 saturated carbocycles. The highest BCUT2D eigenvalue weighted by Crippen LogP contribution is 2.28. The smallest absolute Gasteiger partial charge is 0.260 e. The first-order chi connectivity index (χ1) is 11.6. The molecule has 24 heavy (non-hydrogen) atoms. The van der Waals surface area contributed by atoms with Gasteiger partial charge in [0.05, 0.1) is 12.1 Å². The maximum Gasteiger partial charge on any atom is 0.260 e. The van der Waals surface area contributed by atoms with Gasteiger partial charge < -0.3 is 14.8 Å². The zero-order valence-electron chi connectivity index (χ0n) is 13.5. The minimum atomic E-state index is 0.175. The predicted molar refractivity (Wildman–Crippen MR) is 100 cm³/mol. The molecular formula is C18H18ClNO3S. The summed E-state index contributed by atoms with van der Waals surface area (Å²) in [6.45, 7) is 2.23. The Hall–Kier alpha value is -2.11. The van der Waals surface area contributed by atoms with Crippen molar-refractivity contribution in [1.82, 2.24) is 0 Å². The third kappa shape index (κ3) is 4.46. The van der Waals surface area contributed by atoms with E-state index in [0.29, 0.717) is 27.6 Å². The van der Waals surface area contributed by atoms with E-state index in [-0.39, 0.29) is 11.8 Å². The zero-order chi connectivity index (χ0) is 17.5. The van der Waals surface area contributed by atoms with E-state index in [9.17, 15) is 4.79 Å². The molecule has 0 radical (unpaired) electrons. The highest BCUT2D eigenvalue weighted by Gasteiger charge is 2.12. The third-order valence-electron chi connectivity index (χ3n) is 3.54. The Labute approximate surface area is 151 Å². The van der Waals surface area contributed by atoms with Gasteiger partial charge in [0.1, 0.15) is 12.4 Å². The van der Waals surface area contributed by atoms with Crippen LogP contribution in [0.1, 0.15) is 28.4 Å². The molecule has 0 saturated heterocycles. The lowest BCUT2D eigenvalue weighted by Gasteiger charge is -2.15. The fourth-order valence-electron chi connectivity index (χ4n) is 2.19. The fraction of sp³-hybridized carbons (Fsp3) is 0.222. The van der Waals surface area contributed by atoms with Gasteiger partial charge in [-0.3, -0.25) is 4.79 Å². The third-order valence-corrected chi connectivity index (χ3v) is 4.10. The van der Waals surface area contributed by atoms with Crippen molar-refractivity contribution in [3.8, 4) is 5.75 Å². The van der Waals surface area contributed by atoms with Crippen LogP contribution in [0.2, 0.25) is 5.02 Å². The molecule has 0 atom stereocenters. The first-order valence-electron chi connectivity index (χ1n) is 7.42. The van der Waals surface area contributed by atoms with E-state index in [1.54, 1.807) is 18.2 Å². The number of carbonyl (C=O) groups is 1. The number of aryl methyl sites for hydroxylation is 1. The first-order valence-corrected chi connectivity index (χ1v) is 8.21. The molecule has 1 N–H and O–H groups in total. The summed E-state index contributed by atoms with van der Waals surface area (Å²) >= 11 is 11.3. The Morgan fingerprint density at radius 3 is 2.75 bits per heavy atom. The average Bonchev–Trinajstić information content (AvgIpc) is 2.60. The van der Waals surface area contributed by atoms with Crippen LogP contribution in [0.4, 0.5) is 5.69 Å². The summed E-state index contributed by atoms with van der Waals surface area (Å²) in [4.78, 5) is 11.3. The predicted octanol–water partition coefficient (Wildman–Crippen LogP) is 4.64. The number of anilines is 1. The van der Waals surface area contributed by atoms with E-state index in [0.717, 1.165) is 18.3 Å². The van der Waals surface area contributed by atoms with E-state index >= 15 is 0 Å². The van der Waals surface area contributed by atoms with Crippen LogP contribution in [-0.4, -0.2) is 18.6 Å². The maximum atomic E-state index is 11.3. The van der Waals surface area contributed by atoms with Crippen molar-refractivity contribution in [2.45, 2.75) is 20.0 Å². The van der Waals surface area contributed by atoms with Gasteiger partial charge >= 0.3 is 0 Å². The van der Waals surface area contributed by atoms with E-state index < -0.39 is 0 Å². The van der Waals surface area contributed by atoms with Crippen LogP contribution in [0.25, 0.3) is 0 Å². The molecule has 0 unspecified atom stereocenters. The first kappa shape index (κ1) is 18.2. The van der Waals surface area contributed by atoms with Gasteiger partial charge in [0.15, 0.2) is 6.29 Å². The monoisotopic (exact) mass is 363 g/mol. The summed E-state index contributed by atoms with van der Waals surface area (Å²) in [5.41, 5.74) is 2.99. The van der Waals surface area contributed by atoms with E-state index in [4.69, 9.17) is 33.3 Å². The number of methoxy groups -OCH3 is 1. The molecule has 0 aliphatic carbocycles. The van der Waals surface area contributed by atoms with Crippen LogP contribution >= 0.6 is 23.8 Å². The minimum absolute atomic E-state index is 0.175. The van der Waals surface area contributed by atoms with Crippen LogP contribution < -0.4 is 10.1 Å². The Kier molecular flexibility index (Phi) is 6.58. The molecule has 2 aromatic rings. The van der Waals surface area contributed by atoms with Crippen LogP contribution in [0.15, 0.2) is 36.4 Å². The summed E-state index contributed by atoms with van der Waals surface area (Å²) in [6.07, 6.45) is 1.68. The van der Waals surface area contributed by atoms with E-state index in [1.807, 2.05) is 18.2 Å². The second-order valence-electron chi connectivity index (χ2n) is 5.01. The number of thiocarbonyl (C=S) groups is 1. The lowest BCUT2D eigenvalue weighted by Crippen LogP contribution is -2.14. The highest BCUT2D eigenvalue weighted by atomic mass is 35.5. The summed E-state index contributed by atoms with van der Waals surface area (Å²) in [5.74, 6) is 0.565. The SMILES string of the molecule is CCc1ccc(OCc2c(C=O)cccc2NC(=S)OC)c(Cl)c1. The Bertz CT molecular complexity index is 749. The summed E-state index contributed by atoms with van der Waals surface area (Å²) in [6, 6.07) is 11.0. The number of ether oxygens (including phenoxy) is 2. The molecule has 0 aliphatic rings. The largest absolute Gasteiger partial charge is 0.487 e. The number of hydrogen-bond acceptors (Lipinski definition) is 4. The van der Waals surface area contributed by atoms with Crippen LogP contribution in [0.5, 0.6) is 5.75 Å². The number of nitrogens with one attached hydrogen (secondary N) is 1. The van der Waals surface area contributed by atoms with Crippen LogP contribution in [-0.2, 0) is 17.8 Å². The lowest BCUT2D eigenvalue weighted by molar-refractivity contribution is 0.112. The van der Waals surface area contributed by atoms with Crippen molar-refractivity contribution in [3.63, 3.8) is 0 Å². The van der Waals surface area contributed by atoms with Crippen molar-refractivity contribution in [2.24, 2.45) is 0 Å². The van der Waals surface area contributed by atoms with Crippen molar-refractivity contribution in [1.29, 1.82) is 0 Å². The van der Waals surface area contributed by atoms with Gasteiger partial charge in [-0.25, -0.2) is 0 Å². The second-order valence-corrected chi connectivity index (χ2v) is 5.79. The zero-order valence-corrected chi connectivity index (χ0v) is 15.0.